The molecule has 0 aromatic heterocycles. The summed E-state index contributed by atoms with van der Waals surface area (Å²) in [6.07, 6.45) is 2.50. The fraction of sp³-hybridized carbons (Fsp3) is 0.250. The molecular formula is C12H14O3. The fourth-order valence-corrected chi connectivity index (χ4v) is 1.20. The third kappa shape index (κ3) is 3.13. The lowest BCUT2D eigenvalue weighted by Gasteiger charge is -2.03. The minimum Gasteiger partial charge on any atom is -0.508 e. The third-order valence-corrected chi connectivity index (χ3v) is 2.06. The highest BCUT2D eigenvalue weighted by Crippen LogP contribution is 2.19. The largest absolute Gasteiger partial charge is 0.508 e. The number of aromatic hydroxyl groups is 1. The van der Waals surface area contributed by atoms with E-state index in [1.165, 1.54) is 18.2 Å². The van der Waals surface area contributed by atoms with Gasteiger partial charge in [0.05, 0.1) is 5.56 Å². The average Bonchev–Trinajstić information content (AvgIpc) is 2.16. The molecule has 0 saturated heterocycles. The summed E-state index contributed by atoms with van der Waals surface area (Å²) >= 11 is 0. The maximum atomic E-state index is 10.7. The van der Waals surface area contributed by atoms with E-state index in [2.05, 4.69) is 0 Å². The van der Waals surface area contributed by atoms with Gasteiger partial charge in [-0.3, -0.25) is 0 Å². The Morgan fingerprint density at radius 2 is 2.07 bits per heavy atom. The van der Waals surface area contributed by atoms with Crippen LogP contribution in [-0.2, 0) is 6.42 Å². The van der Waals surface area contributed by atoms with Crippen molar-refractivity contribution in [1.82, 2.24) is 0 Å². The van der Waals surface area contributed by atoms with E-state index in [9.17, 15) is 9.90 Å². The maximum Gasteiger partial charge on any atom is 0.335 e. The molecule has 0 aliphatic carbocycles. The SMILES string of the molecule is CC(C)=CCc1cc(C(=O)O)ccc1O. The highest BCUT2D eigenvalue weighted by atomic mass is 16.4. The number of aromatic carboxylic acids is 1. The Morgan fingerprint density at radius 3 is 2.60 bits per heavy atom. The van der Waals surface area contributed by atoms with Crippen LogP contribution in [0.2, 0.25) is 0 Å². The number of allylic oxidation sites excluding steroid dienone is 2. The quantitative estimate of drug-likeness (QED) is 0.747. The molecule has 2 N–H and O–H groups in total. The van der Waals surface area contributed by atoms with Gasteiger partial charge in [0.25, 0.3) is 0 Å². The van der Waals surface area contributed by atoms with Crippen molar-refractivity contribution in [1.29, 1.82) is 0 Å². The molecule has 0 aliphatic rings. The minimum absolute atomic E-state index is 0.137. The Labute approximate surface area is 88.7 Å². The Hall–Kier alpha value is -1.77. The van der Waals surface area contributed by atoms with Gasteiger partial charge in [0.15, 0.2) is 0 Å². The summed E-state index contributed by atoms with van der Waals surface area (Å²) in [6.45, 7) is 3.91. The first-order chi connectivity index (χ1) is 7.00. The van der Waals surface area contributed by atoms with Crippen LogP contribution in [0.3, 0.4) is 0 Å². The topological polar surface area (TPSA) is 57.5 Å². The molecule has 0 unspecified atom stereocenters. The van der Waals surface area contributed by atoms with E-state index in [-0.39, 0.29) is 11.3 Å². The number of rotatable bonds is 3. The molecule has 0 atom stereocenters. The second-order valence-electron chi connectivity index (χ2n) is 3.63. The second-order valence-corrected chi connectivity index (χ2v) is 3.63. The summed E-state index contributed by atoms with van der Waals surface area (Å²) in [5.74, 6) is -0.842. The normalized spacial score (nSPS) is 9.73. The average molecular weight is 206 g/mol. The Kier molecular flexibility index (Phi) is 3.50. The van der Waals surface area contributed by atoms with Gasteiger partial charge in [-0.25, -0.2) is 4.79 Å². The first-order valence-corrected chi connectivity index (χ1v) is 4.69. The van der Waals surface area contributed by atoms with Gasteiger partial charge in [-0.2, -0.15) is 0 Å². The lowest BCUT2D eigenvalue weighted by molar-refractivity contribution is 0.0697. The zero-order valence-corrected chi connectivity index (χ0v) is 8.82. The van der Waals surface area contributed by atoms with Crippen LogP contribution in [0.1, 0.15) is 29.8 Å². The van der Waals surface area contributed by atoms with E-state index >= 15 is 0 Å². The van der Waals surface area contributed by atoms with Gasteiger partial charge in [0.1, 0.15) is 5.75 Å². The van der Waals surface area contributed by atoms with Crippen LogP contribution >= 0.6 is 0 Å². The number of benzene rings is 1. The molecule has 0 bridgehead atoms. The number of phenols is 1. The molecule has 1 aromatic rings. The monoisotopic (exact) mass is 206 g/mol. The van der Waals surface area contributed by atoms with E-state index in [0.717, 1.165) is 5.57 Å². The van der Waals surface area contributed by atoms with Gasteiger partial charge in [0, 0.05) is 0 Å². The van der Waals surface area contributed by atoms with Crippen molar-refractivity contribution >= 4 is 5.97 Å². The van der Waals surface area contributed by atoms with E-state index < -0.39 is 5.97 Å². The van der Waals surface area contributed by atoms with Crippen LogP contribution in [0, 0.1) is 0 Å². The van der Waals surface area contributed by atoms with Crippen LogP contribution in [0.25, 0.3) is 0 Å². The molecule has 80 valence electrons. The Morgan fingerprint density at radius 1 is 1.40 bits per heavy atom. The van der Waals surface area contributed by atoms with Crippen LogP contribution in [0.15, 0.2) is 29.8 Å². The second kappa shape index (κ2) is 4.64. The van der Waals surface area contributed by atoms with Crippen LogP contribution in [0.5, 0.6) is 5.75 Å². The number of hydrogen-bond donors (Lipinski definition) is 2. The molecule has 0 spiro atoms. The number of carboxylic acid groups (broad SMARTS) is 1. The van der Waals surface area contributed by atoms with Crippen molar-refractivity contribution in [2.45, 2.75) is 20.3 Å². The van der Waals surface area contributed by atoms with Crippen molar-refractivity contribution in [2.24, 2.45) is 0 Å². The molecule has 0 fully saturated rings. The van der Waals surface area contributed by atoms with Crippen molar-refractivity contribution in [3.05, 3.63) is 41.0 Å². The first-order valence-electron chi connectivity index (χ1n) is 4.69. The van der Waals surface area contributed by atoms with E-state index in [0.29, 0.717) is 12.0 Å². The summed E-state index contributed by atoms with van der Waals surface area (Å²) < 4.78 is 0. The van der Waals surface area contributed by atoms with Crippen molar-refractivity contribution in [3.8, 4) is 5.75 Å². The predicted molar refractivity (Wildman–Crippen MR) is 58.2 cm³/mol. The van der Waals surface area contributed by atoms with Crippen LogP contribution in [0.4, 0.5) is 0 Å². The Balaban J connectivity index is 3.00. The van der Waals surface area contributed by atoms with E-state index in [1.807, 2.05) is 19.9 Å². The zero-order chi connectivity index (χ0) is 11.4. The predicted octanol–water partition coefficient (Wildman–Crippen LogP) is 2.60. The molecule has 3 nitrogen and oxygen atoms in total. The van der Waals surface area contributed by atoms with Crippen molar-refractivity contribution < 1.29 is 15.0 Å². The van der Waals surface area contributed by atoms with Crippen LogP contribution in [-0.4, -0.2) is 16.2 Å². The standard InChI is InChI=1S/C12H14O3/c1-8(2)3-4-9-7-10(12(14)15)5-6-11(9)13/h3,5-7,13H,4H2,1-2H3,(H,14,15). The highest BCUT2D eigenvalue weighted by molar-refractivity contribution is 5.88. The van der Waals surface area contributed by atoms with Gasteiger partial charge in [-0.15, -0.1) is 0 Å². The molecule has 15 heavy (non-hydrogen) atoms. The molecule has 0 radical (unpaired) electrons. The summed E-state index contributed by atoms with van der Waals surface area (Å²) in [5, 5.41) is 18.3. The molecule has 0 amide bonds. The van der Waals surface area contributed by atoms with E-state index in [1.54, 1.807) is 0 Å². The number of carboxylic acids is 1. The van der Waals surface area contributed by atoms with Gasteiger partial charge in [-0.1, -0.05) is 11.6 Å². The molecule has 1 aromatic carbocycles. The third-order valence-electron chi connectivity index (χ3n) is 2.06. The van der Waals surface area contributed by atoms with Crippen LogP contribution < -0.4 is 0 Å². The molecule has 0 heterocycles. The minimum atomic E-state index is -0.978. The first kappa shape index (κ1) is 11.3. The summed E-state index contributed by atoms with van der Waals surface area (Å²) in [4.78, 5) is 10.7. The van der Waals surface area contributed by atoms with Crippen molar-refractivity contribution in [3.63, 3.8) is 0 Å². The summed E-state index contributed by atoms with van der Waals surface area (Å²) in [6, 6.07) is 4.30. The Bertz CT molecular complexity index is 401. The maximum absolute atomic E-state index is 10.7. The number of carbonyl (C=O) groups is 1. The van der Waals surface area contributed by atoms with Crippen molar-refractivity contribution in [2.75, 3.05) is 0 Å². The molecule has 1 rings (SSSR count). The van der Waals surface area contributed by atoms with Gasteiger partial charge < -0.3 is 10.2 Å². The molecule has 0 saturated carbocycles. The highest BCUT2D eigenvalue weighted by Gasteiger charge is 2.06. The van der Waals surface area contributed by atoms with Gasteiger partial charge in [0.2, 0.25) is 0 Å². The molecule has 0 aliphatic heterocycles. The summed E-state index contributed by atoms with van der Waals surface area (Å²) in [7, 11) is 0. The van der Waals surface area contributed by atoms with Gasteiger partial charge in [-0.05, 0) is 44.0 Å². The molecular weight excluding hydrogens is 192 g/mol. The fourth-order valence-electron chi connectivity index (χ4n) is 1.20. The smallest absolute Gasteiger partial charge is 0.335 e. The number of hydrogen-bond acceptors (Lipinski definition) is 2. The van der Waals surface area contributed by atoms with Gasteiger partial charge >= 0.3 is 5.97 Å². The zero-order valence-electron chi connectivity index (χ0n) is 8.82. The lowest BCUT2D eigenvalue weighted by Crippen LogP contribution is -1.97. The van der Waals surface area contributed by atoms with E-state index in [4.69, 9.17) is 5.11 Å². The molecule has 3 heteroatoms. The number of phenolic OH excluding ortho intramolecular Hbond substituents is 1. The lowest BCUT2D eigenvalue weighted by atomic mass is 10.1. The summed E-state index contributed by atoms with van der Waals surface area (Å²) in [5.41, 5.74) is 1.97.